The van der Waals surface area contributed by atoms with Crippen LogP contribution in [0.3, 0.4) is 0 Å². The molecule has 2 fully saturated rings. The quantitative estimate of drug-likeness (QED) is 0.947. The monoisotopic (exact) mass is 301 g/mol. The Kier molecular flexibility index (Phi) is 3.90. The summed E-state index contributed by atoms with van der Waals surface area (Å²) in [6, 6.07) is 10.6. The van der Waals surface area contributed by atoms with Crippen molar-refractivity contribution in [1.82, 2.24) is 4.90 Å². The predicted octanol–water partition coefficient (Wildman–Crippen LogP) is 2.79. The molecule has 4 rings (SSSR count). The third-order valence-corrected chi connectivity index (χ3v) is 5.14. The van der Waals surface area contributed by atoms with Gasteiger partial charge in [-0.2, -0.15) is 0 Å². The molecule has 1 aromatic carbocycles. The van der Waals surface area contributed by atoms with Crippen molar-refractivity contribution in [2.45, 2.75) is 38.0 Å². The Morgan fingerprint density at radius 1 is 1.23 bits per heavy atom. The Labute approximate surface area is 130 Å². The van der Waals surface area contributed by atoms with Gasteiger partial charge < -0.3 is 14.3 Å². The number of nitrogens with zero attached hydrogens (tertiary/aromatic N) is 1. The number of benzene rings is 1. The lowest BCUT2D eigenvalue weighted by atomic mass is 9.94. The number of rotatable bonds is 3. The summed E-state index contributed by atoms with van der Waals surface area (Å²) in [5, 5.41) is 11.4. The number of hydrogen-bond acceptors (Lipinski definition) is 4. The zero-order valence-electron chi connectivity index (χ0n) is 12.8. The molecule has 0 spiro atoms. The summed E-state index contributed by atoms with van der Waals surface area (Å²) in [7, 11) is 0. The van der Waals surface area contributed by atoms with E-state index in [2.05, 4.69) is 17.0 Å². The van der Waals surface area contributed by atoms with Gasteiger partial charge in [0.2, 0.25) is 0 Å². The van der Waals surface area contributed by atoms with Crippen molar-refractivity contribution >= 4 is 11.0 Å². The van der Waals surface area contributed by atoms with E-state index in [9.17, 15) is 5.11 Å². The summed E-state index contributed by atoms with van der Waals surface area (Å²) >= 11 is 0. The lowest BCUT2D eigenvalue weighted by Gasteiger charge is -2.39. The van der Waals surface area contributed by atoms with E-state index in [-0.39, 0.29) is 6.10 Å². The van der Waals surface area contributed by atoms with Crippen molar-refractivity contribution in [3.8, 4) is 0 Å². The second-order valence-electron chi connectivity index (χ2n) is 6.53. The largest absolute Gasteiger partial charge is 0.460 e. The first-order valence-electron chi connectivity index (χ1n) is 8.28. The van der Waals surface area contributed by atoms with Crippen LogP contribution in [0.2, 0.25) is 0 Å². The van der Waals surface area contributed by atoms with Crippen LogP contribution in [0.4, 0.5) is 0 Å². The minimum absolute atomic E-state index is 0.176. The first kappa shape index (κ1) is 14.2. The molecule has 0 radical (unpaired) electrons. The van der Waals surface area contributed by atoms with Crippen molar-refractivity contribution in [3.05, 3.63) is 36.1 Å². The van der Waals surface area contributed by atoms with Crippen LogP contribution in [-0.2, 0) is 11.3 Å². The molecule has 4 nitrogen and oxygen atoms in total. The summed E-state index contributed by atoms with van der Waals surface area (Å²) in [4.78, 5) is 2.43. The predicted molar refractivity (Wildman–Crippen MR) is 84.6 cm³/mol. The highest BCUT2D eigenvalue weighted by molar-refractivity contribution is 5.77. The minimum Gasteiger partial charge on any atom is -0.460 e. The number of hydrogen-bond donors (Lipinski definition) is 1. The van der Waals surface area contributed by atoms with Gasteiger partial charge in [-0.25, -0.2) is 0 Å². The van der Waals surface area contributed by atoms with Crippen LogP contribution < -0.4 is 0 Å². The molecule has 22 heavy (non-hydrogen) atoms. The number of fused-ring (bicyclic) bond motifs is 1. The van der Waals surface area contributed by atoms with Gasteiger partial charge in [0, 0.05) is 23.9 Å². The first-order chi connectivity index (χ1) is 10.8. The summed E-state index contributed by atoms with van der Waals surface area (Å²) < 4.78 is 11.6. The summed E-state index contributed by atoms with van der Waals surface area (Å²) in [6.45, 7) is 3.19. The molecule has 4 heteroatoms. The fraction of sp³-hybridized carbons (Fsp3) is 0.556. The van der Waals surface area contributed by atoms with E-state index in [0.717, 1.165) is 62.3 Å². The Morgan fingerprint density at radius 2 is 2.14 bits per heavy atom. The van der Waals surface area contributed by atoms with E-state index in [1.165, 1.54) is 0 Å². The molecular formula is C18H23NO3. The highest BCUT2D eigenvalue weighted by Crippen LogP contribution is 2.33. The van der Waals surface area contributed by atoms with Gasteiger partial charge in [-0.1, -0.05) is 24.6 Å². The van der Waals surface area contributed by atoms with E-state index < -0.39 is 0 Å². The fourth-order valence-electron chi connectivity index (χ4n) is 3.98. The Hall–Kier alpha value is -1.36. The standard InChI is InChI=1S/C18H23NO3/c20-17-6-3-5-15(17)16-12-21-9-8-19(16)11-14-10-13-4-1-2-7-18(13)22-14/h1-2,4,7,10,15-17,20H,3,5-6,8-9,11-12H2/t15-,16+,17+/m0/s1. The van der Waals surface area contributed by atoms with Crippen LogP contribution in [0, 0.1) is 5.92 Å². The first-order valence-corrected chi connectivity index (χ1v) is 8.28. The van der Waals surface area contributed by atoms with Gasteiger partial charge in [0.1, 0.15) is 11.3 Å². The molecule has 2 heterocycles. The molecule has 1 aromatic heterocycles. The van der Waals surface area contributed by atoms with E-state index in [4.69, 9.17) is 9.15 Å². The molecule has 1 aliphatic heterocycles. The second kappa shape index (κ2) is 6.03. The van der Waals surface area contributed by atoms with Gasteiger partial charge in [0.15, 0.2) is 0 Å². The molecule has 2 aliphatic rings. The van der Waals surface area contributed by atoms with Crippen LogP contribution in [-0.4, -0.2) is 41.9 Å². The molecule has 118 valence electrons. The van der Waals surface area contributed by atoms with E-state index in [1.807, 2.05) is 18.2 Å². The molecule has 1 aliphatic carbocycles. The van der Waals surface area contributed by atoms with Crippen LogP contribution in [0.5, 0.6) is 0 Å². The number of furan rings is 1. The molecule has 1 N–H and O–H groups in total. The topological polar surface area (TPSA) is 45.8 Å². The number of morpholine rings is 1. The number of para-hydroxylation sites is 1. The molecule has 0 amide bonds. The molecule has 1 saturated carbocycles. The SMILES string of the molecule is O[C@@H]1CCC[C@H]1[C@H]1COCCN1Cc1cc2ccccc2o1. The lowest BCUT2D eigenvalue weighted by Crippen LogP contribution is -2.50. The van der Waals surface area contributed by atoms with Crippen molar-refractivity contribution in [2.24, 2.45) is 5.92 Å². The number of aliphatic hydroxyl groups excluding tert-OH is 1. The fourth-order valence-corrected chi connectivity index (χ4v) is 3.98. The van der Waals surface area contributed by atoms with Crippen LogP contribution in [0.25, 0.3) is 11.0 Å². The Balaban J connectivity index is 1.53. The van der Waals surface area contributed by atoms with Gasteiger partial charge in [0.25, 0.3) is 0 Å². The van der Waals surface area contributed by atoms with Gasteiger partial charge in [0.05, 0.1) is 25.9 Å². The van der Waals surface area contributed by atoms with E-state index >= 15 is 0 Å². The molecule has 2 aromatic rings. The van der Waals surface area contributed by atoms with Gasteiger partial charge in [-0.3, -0.25) is 4.90 Å². The Morgan fingerprint density at radius 3 is 2.95 bits per heavy atom. The van der Waals surface area contributed by atoms with Gasteiger partial charge >= 0.3 is 0 Å². The smallest absolute Gasteiger partial charge is 0.134 e. The zero-order chi connectivity index (χ0) is 14.9. The van der Waals surface area contributed by atoms with Crippen molar-refractivity contribution < 1.29 is 14.3 Å². The van der Waals surface area contributed by atoms with Crippen LogP contribution >= 0.6 is 0 Å². The molecule has 3 atom stereocenters. The normalized spacial score (nSPS) is 30.1. The second-order valence-corrected chi connectivity index (χ2v) is 6.53. The maximum Gasteiger partial charge on any atom is 0.134 e. The third-order valence-electron chi connectivity index (χ3n) is 5.14. The molecule has 1 saturated heterocycles. The zero-order valence-corrected chi connectivity index (χ0v) is 12.8. The summed E-state index contributed by atoms with van der Waals surface area (Å²) in [5.74, 6) is 1.34. The summed E-state index contributed by atoms with van der Waals surface area (Å²) in [6.07, 6.45) is 2.98. The van der Waals surface area contributed by atoms with E-state index in [0.29, 0.717) is 12.0 Å². The number of ether oxygens (including phenoxy) is 1. The van der Waals surface area contributed by atoms with Crippen molar-refractivity contribution in [2.75, 3.05) is 19.8 Å². The highest BCUT2D eigenvalue weighted by atomic mass is 16.5. The maximum absolute atomic E-state index is 10.2. The average Bonchev–Trinajstić information content (AvgIpc) is 3.13. The Bertz CT molecular complexity index is 605. The van der Waals surface area contributed by atoms with Gasteiger partial charge in [-0.15, -0.1) is 0 Å². The highest BCUT2D eigenvalue weighted by Gasteiger charge is 2.37. The van der Waals surface area contributed by atoms with Crippen molar-refractivity contribution in [3.63, 3.8) is 0 Å². The third kappa shape index (κ3) is 2.67. The maximum atomic E-state index is 10.2. The van der Waals surface area contributed by atoms with Gasteiger partial charge in [-0.05, 0) is 25.0 Å². The van der Waals surface area contributed by atoms with Crippen LogP contribution in [0.15, 0.2) is 34.7 Å². The molecular weight excluding hydrogens is 278 g/mol. The number of aliphatic hydroxyl groups is 1. The molecule has 0 bridgehead atoms. The van der Waals surface area contributed by atoms with Crippen molar-refractivity contribution in [1.29, 1.82) is 0 Å². The molecule has 0 unspecified atom stereocenters. The van der Waals surface area contributed by atoms with Crippen LogP contribution in [0.1, 0.15) is 25.0 Å². The van der Waals surface area contributed by atoms with E-state index in [1.54, 1.807) is 0 Å². The lowest BCUT2D eigenvalue weighted by molar-refractivity contribution is -0.0555. The minimum atomic E-state index is -0.176. The average molecular weight is 301 g/mol. The summed E-state index contributed by atoms with van der Waals surface area (Å²) in [5.41, 5.74) is 0.947.